The Morgan fingerprint density at radius 2 is 1.87 bits per heavy atom. The number of hydrogen-bond acceptors (Lipinski definition) is 3. The molecule has 0 aliphatic rings. The molecule has 1 aromatic rings. The van der Waals surface area contributed by atoms with E-state index in [0.717, 1.165) is 0 Å². The predicted octanol–water partition coefficient (Wildman–Crippen LogP) is 2.03. The molecule has 1 rings (SSSR count). The molecule has 1 N–H and O–H groups in total. The first-order valence-corrected chi connectivity index (χ1v) is 5.91. The van der Waals surface area contributed by atoms with Gasteiger partial charge in [-0.05, 0) is 17.7 Å². The fourth-order valence-electron chi connectivity index (χ4n) is 0.976. The molecule has 0 aromatic heterocycles. The standard InChI is InChI=1S/C8H5Cl2O4S/c9-6-2-1-5(3-7(6)10)8(4-11)15(12,13)14/h1-3,8H,(H,12,13,14). The Hall–Kier alpha value is -0.620. The molecule has 0 fully saturated rings. The maximum Gasteiger partial charge on any atom is 0.279 e. The van der Waals surface area contributed by atoms with Gasteiger partial charge in [0.15, 0.2) is 5.25 Å². The van der Waals surface area contributed by atoms with Gasteiger partial charge in [-0.25, -0.2) is 0 Å². The average Bonchev–Trinajstić information content (AvgIpc) is 2.10. The Morgan fingerprint density at radius 1 is 1.27 bits per heavy atom. The highest BCUT2D eigenvalue weighted by Gasteiger charge is 2.25. The lowest BCUT2D eigenvalue weighted by atomic mass is 10.2. The Kier molecular flexibility index (Phi) is 3.72. The summed E-state index contributed by atoms with van der Waals surface area (Å²) in [6.45, 7) is 0. The summed E-state index contributed by atoms with van der Waals surface area (Å²) < 4.78 is 30.3. The monoisotopic (exact) mass is 267 g/mol. The van der Waals surface area contributed by atoms with Crippen LogP contribution in [0.4, 0.5) is 0 Å². The molecule has 0 saturated carbocycles. The number of benzene rings is 1. The summed E-state index contributed by atoms with van der Waals surface area (Å²) in [6.07, 6.45) is 1.22. The van der Waals surface area contributed by atoms with Gasteiger partial charge in [-0.2, -0.15) is 8.42 Å². The molecule has 0 bridgehead atoms. The summed E-state index contributed by atoms with van der Waals surface area (Å²) in [5.74, 6) is 0. The molecule has 1 atom stereocenters. The van der Waals surface area contributed by atoms with Crippen LogP contribution in [0.25, 0.3) is 0 Å². The van der Waals surface area contributed by atoms with Gasteiger partial charge < -0.3 is 0 Å². The van der Waals surface area contributed by atoms with E-state index in [1.54, 1.807) is 0 Å². The third kappa shape index (κ3) is 2.92. The van der Waals surface area contributed by atoms with Gasteiger partial charge in [0.2, 0.25) is 6.29 Å². The van der Waals surface area contributed by atoms with E-state index in [-0.39, 0.29) is 15.6 Å². The van der Waals surface area contributed by atoms with E-state index in [1.165, 1.54) is 24.5 Å². The summed E-state index contributed by atoms with van der Waals surface area (Å²) >= 11 is 11.2. The van der Waals surface area contributed by atoms with Gasteiger partial charge in [0.25, 0.3) is 10.1 Å². The minimum Gasteiger partial charge on any atom is -0.289 e. The molecule has 0 spiro atoms. The second kappa shape index (κ2) is 4.49. The zero-order valence-electron chi connectivity index (χ0n) is 7.15. The van der Waals surface area contributed by atoms with E-state index < -0.39 is 15.4 Å². The molecule has 0 aliphatic carbocycles. The Bertz CT molecular complexity index is 483. The third-order valence-electron chi connectivity index (χ3n) is 1.65. The number of rotatable bonds is 3. The van der Waals surface area contributed by atoms with Crippen molar-refractivity contribution in [1.29, 1.82) is 0 Å². The summed E-state index contributed by atoms with van der Waals surface area (Å²) in [4.78, 5) is 10.4. The fourth-order valence-corrected chi connectivity index (χ4v) is 1.89. The van der Waals surface area contributed by atoms with Gasteiger partial charge in [0.05, 0.1) is 10.0 Å². The van der Waals surface area contributed by atoms with Crippen molar-refractivity contribution in [3.05, 3.63) is 33.8 Å². The first-order chi connectivity index (χ1) is 6.86. The van der Waals surface area contributed by atoms with Crippen molar-refractivity contribution in [3.8, 4) is 0 Å². The van der Waals surface area contributed by atoms with E-state index in [0.29, 0.717) is 0 Å². The van der Waals surface area contributed by atoms with Crippen LogP contribution in [-0.2, 0) is 14.9 Å². The minimum atomic E-state index is -4.52. The van der Waals surface area contributed by atoms with Gasteiger partial charge in [-0.1, -0.05) is 29.3 Å². The number of halogens is 2. The molecule has 0 heterocycles. The highest BCUT2D eigenvalue weighted by atomic mass is 35.5. The molecule has 1 radical (unpaired) electrons. The minimum absolute atomic E-state index is 0.0156. The van der Waals surface area contributed by atoms with Crippen LogP contribution >= 0.6 is 23.2 Å². The molecule has 7 heteroatoms. The maximum absolute atomic E-state index is 10.8. The van der Waals surface area contributed by atoms with Crippen LogP contribution in [0, 0.1) is 0 Å². The molecular weight excluding hydrogens is 263 g/mol. The quantitative estimate of drug-likeness (QED) is 0.851. The Labute approximate surface area is 96.6 Å². The molecule has 15 heavy (non-hydrogen) atoms. The molecule has 0 amide bonds. The van der Waals surface area contributed by atoms with Crippen LogP contribution in [0.1, 0.15) is 10.8 Å². The van der Waals surface area contributed by atoms with Gasteiger partial charge in [0.1, 0.15) is 0 Å². The smallest absolute Gasteiger partial charge is 0.279 e. The van der Waals surface area contributed by atoms with Crippen LogP contribution in [0.2, 0.25) is 10.0 Å². The van der Waals surface area contributed by atoms with Crippen molar-refractivity contribution in [2.45, 2.75) is 5.25 Å². The molecule has 4 nitrogen and oxygen atoms in total. The zero-order chi connectivity index (χ0) is 11.6. The fraction of sp³-hybridized carbons (Fsp3) is 0.125. The Balaban J connectivity index is 3.26. The normalized spacial score (nSPS) is 13.5. The lowest BCUT2D eigenvalue weighted by Gasteiger charge is -2.07. The van der Waals surface area contributed by atoms with Gasteiger partial charge >= 0.3 is 0 Å². The molecule has 0 aliphatic heterocycles. The van der Waals surface area contributed by atoms with E-state index in [1.807, 2.05) is 0 Å². The predicted molar refractivity (Wildman–Crippen MR) is 56.4 cm³/mol. The first-order valence-electron chi connectivity index (χ1n) is 3.65. The highest BCUT2D eigenvalue weighted by molar-refractivity contribution is 7.86. The van der Waals surface area contributed by atoms with Crippen molar-refractivity contribution in [2.24, 2.45) is 0 Å². The van der Waals surface area contributed by atoms with Crippen LogP contribution in [0.5, 0.6) is 0 Å². The van der Waals surface area contributed by atoms with E-state index in [9.17, 15) is 13.2 Å². The van der Waals surface area contributed by atoms with Gasteiger partial charge in [-0.15, -0.1) is 0 Å². The van der Waals surface area contributed by atoms with Crippen molar-refractivity contribution < 1.29 is 17.8 Å². The van der Waals surface area contributed by atoms with Crippen LogP contribution in [0.3, 0.4) is 0 Å². The summed E-state index contributed by atoms with van der Waals surface area (Å²) in [5, 5.41) is -1.44. The van der Waals surface area contributed by atoms with Crippen molar-refractivity contribution in [2.75, 3.05) is 0 Å². The summed E-state index contributed by atoms with van der Waals surface area (Å²) in [5.41, 5.74) is 0.0156. The number of carbonyl (C=O) groups excluding carboxylic acids is 1. The Morgan fingerprint density at radius 3 is 2.27 bits per heavy atom. The first kappa shape index (κ1) is 12.4. The molecular formula is C8H5Cl2O4S. The van der Waals surface area contributed by atoms with Crippen LogP contribution in [0.15, 0.2) is 18.2 Å². The van der Waals surface area contributed by atoms with Crippen LogP contribution in [-0.4, -0.2) is 19.3 Å². The lowest BCUT2D eigenvalue weighted by molar-refractivity contribution is 0.474. The highest BCUT2D eigenvalue weighted by Crippen LogP contribution is 2.27. The van der Waals surface area contributed by atoms with Crippen molar-refractivity contribution in [3.63, 3.8) is 0 Å². The number of hydrogen-bond donors (Lipinski definition) is 1. The summed E-state index contributed by atoms with van der Waals surface area (Å²) in [6, 6.07) is 3.79. The van der Waals surface area contributed by atoms with Crippen molar-refractivity contribution >= 4 is 39.6 Å². The molecule has 1 aromatic carbocycles. The van der Waals surface area contributed by atoms with E-state index in [4.69, 9.17) is 27.8 Å². The molecule has 0 saturated heterocycles. The van der Waals surface area contributed by atoms with Crippen LogP contribution < -0.4 is 0 Å². The summed E-state index contributed by atoms with van der Waals surface area (Å²) in [7, 11) is -4.52. The van der Waals surface area contributed by atoms with E-state index in [2.05, 4.69) is 0 Å². The zero-order valence-corrected chi connectivity index (χ0v) is 9.47. The van der Waals surface area contributed by atoms with E-state index >= 15 is 0 Å². The maximum atomic E-state index is 10.8. The second-order valence-electron chi connectivity index (χ2n) is 2.69. The van der Waals surface area contributed by atoms with Gasteiger partial charge in [0, 0.05) is 0 Å². The largest absolute Gasteiger partial charge is 0.289 e. The third-order valence-corrected chi connectivity index (χ3v) is 3.35. The lowest BCUT2D eigenvalue weighted by Crippen LogP contribution is -2.13. The second-order valence-corrected chi connectivity index (χ2v) is 5.00. The molecule has 1 unspecified atom stereocenters. The topological polar surface area (TPSA) is 71.4 Å². The van der Waals surface area contributed by atoms with Gasteiger partial charge in [-0.3, -0.25) is 9.35 Å². The van der Waals surface area contributed by atoms with Crippen molar-refractivity contribution in [1.82, 2.24) is 0 Å². The SMILES string of the molecule is O=[C]C(c1ccc(Cl)c(Cl)c1)S(=O)(=O)O. The molecule has 81 valence electrons. The average molecular weight is 268 g/mol.